The summed E-state index contributed by atoms with van der Waals surface area (Å²) < 4.78 is 32.8. The van der Waals surface area contributed by atoms with Crippen LogP contribution in [0.15, 0.2) is 47.4 Å². The highest BCUT2D eigenvalue weighted by atomic mass is 32.2. The fourth-order valence-corrected chi connectivity index (χ4v) is 5.62. The first kappa shape index (κ1) is 24.3. The zero-order valence-corrected chi connectivity index (χ0v) is 20.1. The fraction of sp³-hybridized carbons (Fsp3) is 0.480. The Bertz CT molecular complexity index is 1010. The topological polar surface area (TPSA) is 75.7 Å². The predicted molar refractivity (Wildman–Crippen MR) is 126 cm³/mol. The molecule has 1 atom stereocenters. The maximum absolute atomic E-state index is 12.9. The number of sulfonamides is 1. The molecule has 1 fully saturated rings. The largest absolute Gasteiger partial charge is 0.496 e. The van der Waals surface area contributed by atoms with Crippen molar-refractivity contribution in [1.82, 2.24) is 9.62 Å². The molecule has 174 valence electrons. The SMILES string of the molecule is COc1ccc(C)cc1C(C)NC(=O)CCc1ccc(S(=O)(=O)N2CCCCCC2)cc1. The van der Waals surface area contributed by atoms with Crippen LogP contribution in [0.5, 0.6) is 5.75 Å². The molecule has 1 saturated heterocycles. The lowest BCUT2D eigenvalue weighted by atomic mass is 10.0. The first-order valence-electron chi connectivity index (χ1n) is 11.3. The van der Waals surface area contributed by atoms with Crippen LogP contribution >= 0.6 is 0 Å². The van der Waals surface area contributed by atoms with E-state index in [0.29, 0.717) is 30.8 Å². The second-order valence-corrected chi connectivity index (χ2v) is 10.4. The second kappa shape index (κ2) is 11.0. The molecule has 6 nitrogen and oxygen atoms in total. The van der Waals surface area contributed by atoms with E-state index in [1.165, 1.54) is 0 Å². The van der Waals surface area contributed by atoms with Crippen molar-refractivity contribution in [1.29, 1.82) is 0 Å². The van der Waals surface area contributed by atoms with Gasteiger partial charge in [0.1, 0.15) is 5.75 Å². The first-order valence-corrected chi connectivity index (χ1v) is 12.8. The fourth-order valence-electron chi connectivity index (χ4n) is 4.10. The maximum Gasteiger partial charge on any atom is 0.243 e. The summed E-state index contributed by atoms with van der Waals surface area (Å²) in [5.41, 5.74) is 3.00. The lowest BCUT2D eigenvalue weighted by molar-refractivity contribution is -0.121. The Morgan fingerprint density at radius 1 is 1.06 bits per heavy atom. The Balaban J connectivity index is 1.57. The minimum atomic E-state index is -3.45. The van der Waals surface area contributed by atoms with E-state index >= 15 is 0 Å². The van der Waals surface area contributed by atoms with Gasteiger partial charge >= 0.3 is 0 Å². The van der Waals surface area contributed by atoms with E-state index in [-0.39, 0.29) is 11.9 Å². The van der Waals surface area contributed by atoms with Crippen molar-refractivity contribution in [3.05, 3.63) is 59.2 Å². The molecule has 1 heterocycles. The van der Waals surface area contributed by atoms with Gasteiger partial charge in [-0.15, -0.1) is 0 Å². The van der Waals surface area contributed by atoms with Crippen molar-refractivity contribution in [2.24, 2.45) is 0 Å². The average molecular weight is 459 g/mol. The minimum absolute atomic E-state index is 0.0534. The van der Waals surface area contributed by atoms with Crippen molar-refractivity contribution in [3.63, 3.8) is 0 Å². The van der Waals surface area contributed by atoms with Crippen molar-refractivity contribution < 1.29 is 17.9 Å². The van der Waals surface area contributed by atoms with Gasteiger partial charge in [0.25, 0.3) is 0 Å². The number of carbonyl (C=O) groups excluding carboxylic acids is 1. The molecule has 0 aromatic heterocycles. The van der Waals surface area contributed by atoms with Crippen LogP contribution in [0.1, 0.15) is 61.8 Å². The highest BCUT2D eigenvalue weighted by molar-refractivity contribution is 7.89. The number of ether oxygens (including phenoxy) is 1. The number of aryl methyl sites for hydroxylation is 2. The van der Waals surface area contributed by atoms with Gasteiger partial charge in [0.15, 0.2) is 0 Å². The van der Waals surface area contributed by atoms with Gasteiger partial charge in [0, 0.05) is 25.1 Å². The van der Waals surface area contributed by atoms with Gasteiger partial charge in [-0.1, -0.05) is 42.7 Å². The highest BCUT2D eigenvalue weighted by Gasteiger charge is 2.25. The molecule has 0 aliphatic carbocycles. The zero-order chi connectivity index (χ0) is 23.1. The van der Waals surface area contributed by atoms with Gasteiger partial charge in [-0.2, -0.15) is 4.31 Å². The molecule has 1 unspecified atom stereocenters. The third-order valence-corrected chi connectivity index (χ3v) is 7.91. The number of nitrogens with one attached hydrogen (secondary N) is 1. The zero-order valence-electron chi connectivity index (χ0n) is 19.3. The van der Waals surface area contributed by atoms with Crippen LogP contribution in [-0.2, 0) is 21.2 Å². The number of hydrogen-bond acceptors (Lipinski definition) is 4. The number of amides is 1. The second-order valence-electron chi connectivity index (χ2n) is 8.50. The van der Waals surface area contributed by atoms with Crippen molar-refractivity contribution >= 4 is 15.9 Å². The molecular formula is C25H34N2O4S. The number of rotatable bonds is 8. The number of carbonyl (C=O) groups is 1. The van der Waals surface area contributed by atoms with E-state index in [1.54, 1.807) is 23.5 Å². The smallest absolute Gasteiger partial charge is 0.243 e. The first-order chi connectivity index (χ1) is 15.3. The Kier molecular flexibility index (Phi) is 8.32. The Morgan fingerprint density at radius 2 is 1.72 bits per heavy atom. The van der Waals surface area contributed by atoms with E-state index in [0.717, 1.165) is 48.1 Å². The molecule has 1 aliphatic heterocycles. The molecule has 3 rings (SSSR count). The molecule has 1 amide bonds. The van der Waals surface area contributed by atoms with Crippen LogP contribution in [-0.4, -0.2) is 38.8 Å². The lowest BCUT2D eigenvalue weighted by Gasteiger charge is -2.20. The van der Waals surface area contributed by atoms with Crippen LogP contribution in [0.25, 0.3) is 0 Å². The summed E-state index contributed by atoms with van der Waals surface area (Å²) in [5, 5.41) is 3.03. The third kappa shape index (κ3) is 6.11. The van der Waals surface area contributed by atoms with E-state index in [1.807, 2.05) is 44.2 Å². The van der Waals surface area contributed by atoms with Gasteiger partial charge in [0.2, 0.25) is 15.9 Å². The van der Waals surface area contributed by atoms with Crippen LogP contribution in [0, 0.1) is 6.92 Å². The highest BCUT2D eigenvalue weighted by Crippen LogP contribution is 2.26. The summed E-state index contributed by atoms with van der Waals surface area (Å²) in [4.78, 5) is 12.8. The Morgan fingerprint density at radius 3 is 2.34 bits per heavy atom. The monoisotopic (exact) mass is 458 g/mol. The van der Waals surface area contributed by atoms with Crippen LogP contribution < -0.4 is 10.1 Å². The van der Waals surface area contributed by atoms with E-state index in [4.69, 9.17) is 4.74 Å². The van der Waals surface area contributed by atoms with E-state index < -0.39 is 10.0 Å². The average Bonchev–Trinajstić information content (AvgIpc) is 3.08. The maximum atomic E-state index is 12.9. The standard InChI is InChI=1S/C25H34N2O4S/c1-19-8-14-24(31-3)23(18-19)20(2)26-25(28)15-11-21-9-12-22(13-10-21)32(29,30)27-16-6-4-5-7-17-27/h8-10,12-14,18,20H,4-7,11,15-17H2,1-3H3,(H,26,28). The minimum Gasteiger partial charge on any atom is -0.496 e. The molecule has 7 heteroatoms. The van der Waals surface area contributed by atoms with E-state index in [9.17, 15) is 13.2 Å². The van der Waals surface area contributed by atoms with E-state index in [2.05, 4.69) is 5.32 Å². The van der Waals surface area contributed by atoms with Crippen molar-refractivity contribution in [2.75, 3.05) is 20.2 Å². The molecule has 1 aliphatic rings. The summed E-state index contributed by atoms with van der Waals surface area (Å²) in [6, 6.07) is 12.7. The summed E-state index contributed by atoms with van der Waals surface area (Å²) in [7, 11) is -1.82. The van der Waals surface area contributed by atoms with Crippen LogP contribution in [0.4, 0.5) is 0 Å². The summed E-state index contributed by atoms with van der Waals surface area (Å²) in [5.74, 6) is 0.701. The van der Waals surface area contributed by atoms with Crippen molar-refractivity contribution in [2.45, 2.75) is 63.3 Å². The Labute approximate surface area is 192 Å². The molecule has 0 radical (unpaired) electrons. The van der Waals surface area contributed by atoms with Crippen LogP contribution in [0.2, 0.25) is 0 Å². The van der Waals surface area contributed by atoms with Crippen molar-refractivity contribution in [3.8, 4) is 5.75 Å². The molecular weight excluding hydrogens is 424 g/mol. The van der Waals surface area contributed by atoms with Gasteiger partial charge < -0.3 is 10.1 Å². The Hall–Kier alpha value is -2.38. The summed E-state index contributed by atoms with van der Waals surface area (Å²) >= 11 is 0. The molecule has 1 N–H and O–H groups in total. The lowest BCUT2D eigenvalue weighted by Crippen LogP contribution is -2.31. The quantitative estimate of drug-likeness (QED) is 0.637. The molecule has 2 aromatic rings. The number of benzene rings is 2. The third-order valence-electron chi connectivity index (χ3n) is 6.00. The van der Waals surface area contributed by atoms with Gasteiger partial charge in [-0.25, -0.2) is 8.42 Å². The molecule has 0 bridgehead atoms. The molecule has 2 aromatic carbocycles. The van der Waals surface area contributed by atoms with Gasteiger partial charge in [0.05, 0.1) is 18.0 Å². The number of hydrogen-bond donors (Lipinski definition) is 1. The number of methoxy groups -OCH3 is 1. The summed E-state index contributed by atoms with van der Waals surface area (Å²) in [6.45, 7) is 5.13. The number of nitrogens with zero attached hydrogens (tertiary/aromatic N) is 1. The molecule has 0 saturated carbocycles. The molecule has 32 heavy (non-hydrogen) atoms. The van der Waals surface area contributed by atoms with Gasteiger partial charge in [-0.3, -0.25) is 4.79 Å². The molecule has 0 spiro atoms. The van der Waals surface area contributed by atoms with Gasteiger partial charge in [-0.05, 0) is 56.9 Å². The normalized spacial score (nSPS) is 16.2. The summed E-state index contributed by atoms with van der Waals surface area (Å²) in [6.07, 6.45) is 4.88. The predicted octanol–water partition coefficient (Wildman–Crippen LogP) is 4.38. The van der Waals surface area contributed by atoms with Crippen LogP contribution in [0.3, 0.4) is 0 Å².